The van der Waals surface area contributed by atoms with Crippen LogP contribution in [0.1, 0.15) is 11.3 Å². The van der Waals surface area contributed by atoms with Crippen molar-refractivity contribution in [2.45, 2.75) is 13.5 Å². The third-order valence-corrected chi connectivity index (χ3v) is 4.62. The van der Waals surface area contributed by atoms with Crippen molar-refractivity contribution in [2.24, 2.45) is 0 Å². The van der Waals surface area contributed by atoms with Gasteiger partial charge < -0.3 is 15.0 Å². The highest BCUT2D eigenvalue weighted by Gasteiger charge is 2.06. The highest BCUT2D eigenvalue weighted by Crippen LogP contribution is 2.26. The molecular weight excluding hydrogens is 408 g/mol. The summed E-state index contributed by atoms with van der Waals surface area (Å²) < 4.78 is 32.8. The number of hydrogen-bond donors (Lipinski definition) is 2. The number of H-pyrrole nitrogens is 1. The number of aromatic nitrogens is 2. The largest absolute Gasteiger partial charge is 0.492 e. The Morgan fingerprint density at radius 1 is 1.00 bits per heavy atom. The summed E-state index contributed by atoms with van der Waals surface area (Å²) >= 11 is 0. The molecule has 4 aromatic rings. The summed E-state index contributed by atoms with van der Waals surface area (Å²) in [4.78, 5) is 7.48. The van der Waals surface area contributed by atoms with E-state index in [0.29, 0.717) is 30.8 Å². The lowest BCUT2D eigenvalue weighted by Gasteiger charge is -2.09. The number of nitrogens with one attached hydrogen (secondary N) is 2. The number of fused-ring (bicyclic) bond motifs is 1. The molecule has 2 N–H and O–H groups in total. The van der Waals surface area contributed by atoms with E-state index in [4.69, 9.17) is 4.74 Å². The van der Waals surface area contributed by atoms with E-state index in [-0.39, 0.29) is 12.4 Å². The van der Waals surface area contributed by atoms with Crippen molar-refractivity contribution < 1.29 is 13.5 Å². The van der Waals surface area contributed by atoms with Gasteiger partial charge in [0.05, 0.1) is 0 Å². The second kappa shape index (κ2) is 9.69. The molecule has 0 saturated carbocycles. The summed E-state index contributed by atoms with van der Waals surface area (Å²) in [5, 5.41) is 4.38. The Morgan fingerprint density at radius 2 is 1.80 bits per heavy atom. The summed E-state index contributed by atoms with van der Waals surface area (Å²) in [5.74, 6) is -0.355. The maximum atomic E-state index is 13.5. The number of aromatic amines is 1. The fraction of sp³-hybridized carbons (Fsp3) is 0.174. The van der Waals surface area contributed by atoms with E-state index >= 15 is 0 Å². The van der Waals surface area contributed by atoms with Crippen LogP contribution in [0, 0.1) is 18.6 Å². The van der Waals surface area contributed by atoms with Gasteiger partial charge in [0.1, 0.15) is 24.0 Å². The van der Waals surface area contributed by atoms with Gasteiger partial charge in [-0.1, -0.05) is 6.07 Å². The third kappa shape index (κ3) is 5.14. The first-order chi connectivity index (χ1) is 14.1. The van der Waals surface area contributed by atoms with Gasteiger partial charge in [-0.15, -0.1) is 12.4 Å². The average molecular weight is 430 g/mol. The Labute approximate surface area is 179 Å². The lowest BCUT2D eigenvalue weighted by Crippen LogP contribution is -2.20. The van der Waals surface area contributed by atoms with E-state index in [2.05, 4.69) is 21.4 Å². The van der Waals surface area contributed by atoms with E-state index in [1.807, 2.05) is 31.2 Å². The summed E-state index contributed by atoms with van der Waals surface area (Å²) in [6, 6.07) is 13.4. The lowest BCUT2D eigenvalue weighted by atomic mass is 10.1. The Hall–Kier alpha value is -2.96. The van der Waals surface area contributed by atoms with Gasteiger partial charge in [0.15, 0.2) is 0 Å². The van der Waals surface area contributed by atoms with Gasteiger partial charge in [0.25, 0.3) is 0 Å². The van der Waals surface area contributed by atoms with Crippen molar-refractivity contribution in [1.82, 2.24) is 15.3 Å². The Bertz CT molecular complexity index is 1130. The first-order valence-corrected chi connectivity index (χ1v) is 9.41. The molecule has 30 heavy (non-hydrogen) atoms. The molecular formula is C23H22ClF2N3O. The van der Waals surface area contributed by atoms with Gasteiger partial charge in [-0.2, -0.15) is 0 Å². The normalized spacial score (nSPS) is 10.8. The molecule has 0 bridgehead atoms. The Morgan fingerprint density at radius 3 is 2.60 bits per heavy atom. The fourth-order valence-corrected chi connectivity index (χ4v) is 3.32. The number of aryl methyl sites for hydroxylation is 1. The minimum absolute atomic E-state index is 0. The minimum atomic E-state index is -0.603. The van der Waals surface area contributed by atoms with Crippen LogP contribution in [0.4, 0.5) is 8.78 Å². The summed E-state index contributed by atoms with van der Waals surface area (Å²) in [6.07, 6.45) is 3.33. The molecule has 2 heterocycles. The number of halogens is 3. The molecule has 0 unspecified atom stereocenters. The molecule has 0 aliphatic carbocycles. The van der Waals surface area contributed by atoms with Crippen LogP contribution >= 0.6 is 12.4 Å². The molecule has 2 aromatic carbocycles. The molecule has 0 aliphatic heterocycles. The van der Waals surface area contributed by atoms with Crippen molar-refractivity contribution in [2.75, 3.05) is 13.2 Å². The molecule has 156 valence electrons. The molecule has 2 aromatic heterocycles. The average Bonchev–Trinajstić information content (AvgIpc) is 3.08. The maximum Gasteiger partial charge on any atom is 0.128 e. The molecule has 0 atom stereocenters. The van der Waals surface area contributed by atoms with Gasteiger partial charge in [-0.25, -0.2) is 8.78 Å². The summed E-state index contributed by atoms with van der Waals surface area (Å²) in [6.45, 7) is 3.77. The van der Waals surface area contributed by atoms with Crippen LogP contribution in [0.5, 0.6) is 5.75 Å². The predicted octanol–water partition coefficient (Wildman–Crippen LogP) is 5.41. The quantitative estimate of drug-likeness (QED) is 0.386. The van der Waals surface area contributed by atoms with E-state index in [9.17, 15) is 8.78 Å². The highest BCUT2D eigenvalue weighted by molar-refractivity contribution is 5.86. The molecule has 7 heteroatoms. The van der Waals surface area contributed by atoms with Gasteiger partial charge in [0.2, 0.25) is 0 Å². The topological polar surface area (TPSA) is 49.9 Å². The number of ether oxygens (including phenoxy) is 1. The number of rotatable bonds is 7. The Balaban J connectivity index is 0.00000256. The van der Waals surface area contributed by atoms with Crippen LogP contribution in [-0.4, -0.2) is 23.1 Å². The minimum Gasteiger partial charge on any atom is -0.492 e. The molecule has 0 aliphatic rings. The van der Waals surface area contributed by atoms with E-state index < -0.39 is 11.6 Å². The zero-order valence-electron chi connectivity index (χ0n) is 16.4. The molecule has 0 amide bonds. The second-order valence-electron chi connectivity index (χ2n) is 6.93. The molecule has 4 nitrogen and oxygen atoms in total. The molecule has 0 radical (unpaired) electrons. The number of pyridine rings is 1. The lowest BCUT2D eigenvalue weighted by molar-refractivity contribution is 0.317. The number of nitrogens with zero attached hydrogens (tertiary/aromatic N) is 1. The van der Waals surface area contributed by atoms with Crippen LogP contribution in [0.3, 0.4) is 0 Å². The predicted molar refractivity (Wildman–Crippen MR) is 117 cm³/mol. The van der Waals surface area contributed by atoms with Crippen LogP contribution < -0.4 is 10.1 Å². The third-order valence-electron chi connectivity index (χ3n) is 4.62. The van der Waals surface area contributed by atoms with Gasteiger partial charge in [-0.05, 0) is 54.4 Å². The van der Waals surface area contributed by atoms with Crippen LogP contribution in [0.2, 0.25) is 0 Å². The first kappa shape index (κ1) is 21.7. The van der Waals surface area contributed by atoms with Crippen molar-refractivity contribution in [3.8, 4) is 16.9 Å². The van der Waals surface area contributed by atoms with Gasteiger partial charge >= 0.3 is 0 Å². The zero-order valence-corrected chi connectivity index (χ0v) is 17.2. The van der Waals surface area contributed by atoms with Crippen molar-refractivity contribution in [1.29, 1.82) is 0 Å². The molecule has 0 saturated heterocycles. The molecule has 0 spiro atoms. The highest BCUT2D eigenvalue weighted by atomic mass is 35.5. The second-order valence-corrected chi connectivity index (χ2v) is 6.93. The maximum absolute atomic E-state index is 13.5. The van der Waals surface area contributed by atoms with E-state index in [0.717, 1.165) is 34.0 Å². The summed E-state index contributed by atoms with van der Waals surface area (Å²) in [7, 11) is 0. The van der Waals surface area contributed by atoms with Crippen LogP contribution in [0.15, 0.2) is 60.9 Å². The molecule has 0 fully saturated rings. The Kier molecular flexibility index (Phi) is 7.03. The molecule has 4 rings (SSSR count). The van der Waals surface area contributed by atoms with E-state index in [1.165, 1.54) is 12.1 Å². The van der Waals surface area contributed by atoms with E-state index in [1.54, 1.807) is 12.4 Å². The van der Waals surface area contributed by atoms with Gasteiger partial charge in [-0.3, -0.25) is 4.98 Å². The van der Waals surface area contributed by atoms with Crippen molar-refractivity contribution in [3.05, 3.63) is 83.8 Å². The van der Waals surface area contributed by atoms with Crippen molar-refractivity contribution in [3.63, 3.8) is 0 Å². The summed E-state index contributed by atoms with van der Waals surface area (Å²) in [5.41, 5.74) is 4.23. The number of hydrogen-bond acceptors (Lipinski definition) is 3. The monoisotopic (exact) mass is 429 g/mol. The van der Waals surface area contributed by atoms with Crippen LogP contribution in [-0.2, 0) is 6.54 Å². The SMILES string of the molecule is Cc1cc2c(OCCNCc3cncc(-c4cc(F)cc(F)c4)c3)cccc2[nH]1.Cl. The van der Waals surface area contributed by atoms with Crippen molar-refractivity contribution >= 4 is 23.3 Å². The standard InChI is InChI=1S/C23H21F2N3O.ClH/c1-15-7-21-22(28-15)3-2-4-23(21)29-6-5-26-12-16-8-18(14-27-13-16)17-9-19(24)11-20(25)10-17;/h2-4,7-11,13-14,26,28H,5-6,12H2,1H3;1H. The zero-order chi connectivity index (χ0) is 20.2. The van der Waals surface area contributed by atoms with Crippen LogP contribution in [0.25, 0.3) is 22.0 Å². The van der Waals surface area contributed by atoms with Gasteiger partial charge in [0, 0.05) is 53.7 Å². The first-order valence-electron chi connectivity index (χ1n) is 9.41. The smallest absolute Gasteiger partial charge is 0.128 e. The fourth-order valence-electron chi connectivity index (χ4n) is 3.32. The number of benzene rings is 2.